The fourth-order valence-corrected chi connectivity index (χ4v) is 3.71. The molecule has 4 aromatic rings. The maximum Gasteiger partial charge on any atom is 0.280 e. The third kappa shape index (κ3) is 3.89. The number of methoxy groups -OCH3 is 2. The molecule has 0 radical (unpaired) electrons. The largest absolute Gasteiger partial charge is 0.493 e. The highest BCUT2D eigenvalue weighted by Crippen LogP contribution is 2.31. The van der Waals surface area contributed by atoms with Crippen LogP contribution in [-0.4, -0.2) is 23.9 Å². The van der Waals surface area contributed by atoms with Crippen molar-refractivity contribution in [3.63, 3.8) is 0 Å². The average molecular weight is 466 g/mol. The Bertz CT molecular complexity index is 1270. The highest BCUT2D eigenvalue weighted by Gasteiger charge is 2.15. The van der Waals surface area contributed by atoms with Crippen molar-refractivity contribution in [3.05, 3.63) is 87.1 Å². The number of fused-ring (bicyclic) bond motifs is 1. The SMILES string of the molecule is COc1ccc(-c2nc3ccccc3c(=O)n2NCc2cccc(Br)c2)cc1OC. The Kier molecular flexibility index (Phi) is 5.72. The van der Waals surface area contributed by atoms with Crippen molar-refractivity contribution in [2.45, 2.75) is 6.54 Å². The van der Waals surface area contributed by atoms with Crippen molar-refractivity contribution < 1.29 is 9.47 Å². The summed E-state index contributed by atoms with van der Waals surface area (Å²) in [5, 5.41) is 0.545. The minimum Gasteiger partial charge on any atom is -0.493 e. The molecule has 0 aliphatic heterocycles. The Morgan fingerprint density at radius 3 is 2.53 bits per heavy atom. The summed E-state index contributed by atoms with van der Waals surface area (Å²) < 4.78 is 13.2. The first-order valence-electron chi connectivity index (χ1n) is 9.33. The summed E-state index contributed by atoms with van der Waals surface area (Å²) in [4.78, 5) is 18.0. The summed E-state index contributed by atoms with van der Waals surface area (Å²) >= 11 is 3.48. The van der Waals surface area contributed by atoms with Gasteiger partial charge in [-0.25, -0.2) is 9.66 Å². The second-order valence-corrected chi connectivity index (χ2v) is 7.54. The molecule has 0 unspecified atom stereocenters. The number of hydrogen-bond donors (Lipinski definition) is 1. The fraction of sp³-hybridized carbons (Fsp3) is 0.130. The quantitative estimate of drug-likeness (QED) is 0.451. The number of halogens is 1. The van der Waals surface area contributed by atoms with Gasteiger partial charge in [-0.1, -0.05) is 40.2 Å². The first kappa shape index (κ1) is 20.0. The fourth-order valence-electron chi connectivity index (χ4n) is 3.27. The van der Waals surface area contributed by atoms with Gasteiger partial charge in [-0.2, -0.15) is 0 Å². The van der Waals surface area contributed by atoms with E-state index in [1.807, 2.05) is 54.6 Å². The molecule has 0 saturated heterocycles. The standard InChI is InChI=1S/C23H20BrN3O3/c1-29-20-11-10-16(13-21(20)30-2)22-26-19-9-4-3-8-18(19)23(28)27(22)25-14-15-6-5-7-17(24)12-15/h3-13,25H,14H2,1-2H3. The van der Waals surface area contributed by atoms with E-state index in [1.54, 1.807) is 26.4 Å². The smallest absolute Gasteiger partial charge is 0.280 e. The van der Waals surface area contributed by atoms with Crippen LogP contribution in [0.2, 0.25) is 0 Å². The van der Waals surface area contributed by atoms with Crippen LogP contribution in [0.5, 0.6) is 11.5 Å². The van der Waals surface area contributed by atoms with Crippen LogP contribution < -0.4 is 20.5 Å². The van der Waals surface area contributed by atoms with Gasteiger partial charge in [0.25, 0.3) is 5.56 Å². The molecule has 7 heteroatoms. The van der Waals surface area contributed by atoms with Gasteiger partial charge in [0, 0.05) is 10.0 Å². The zero-order chi connectivity index (χ0) is 21.1. The highest BCUT2D eigenvalue weighted by atomic mass is 79.9. The first-order chi connectivity index (χ1) is 14.6. The number of nitrogens with one attached hydrogen (secondary N) is 1. The van der Waals surface area contributed by atoms with E-state index in [9.17, 15) is 4.79 Å². The number of aromatic nitrogens is 2. The molecular formula is C23H20BrN3O3. The lowest BCUT2D eigenvalue weighted by atomic mass is 10.1. The van der Waals surface area contributed by atoms with E-state index in [-0.39, 0.29) is 5.56 Å². The highest BCUT2D eigenvalue weighted by molar-refractivity contribution is 9.10. The topological polar surface area (TPSA) is 65.4 Å². The third-order valence-electron chi connectivity index (χ3n) is 4.75. The van der Waals surface area contributed by atoms with Crippen LogP contribution in [-0.2, 0) is 6.54 Å². The summed E-state index contributed by atoms with van der Waals surface area (Å²) in [5.41, 5.74) is 5.46. The Morgan fingerprint density at radius 2 is 1.77 bits per heavy atom. The lowest BCUT2D eigenvalue weighted by Crippen LogP contribution is -2.31. The second kappa shape index (κ2) is 8.59. The van der Waals surface area contributed by atoms with E-state index >= 15 is 0 Å². The molecule has 3 aromatic carbocycles. The van der Waals surface area contributed by atoms with Crippen molar-refractivity contribution in [1.82, 2.24) is 9.66 Å². The maximum atomic E-state index is 13.3. The molecule has 0 saturated carbocycles. The number of ether oxygens (including phenoxy) is 2. The van der Waals surface area contributed by atoms with Gasteiger partial charge in [-0.15, -0.1) is 0 Å². The van der Waals surface area contributed by atoms with E-state index in [0.717, 1.165) is 15.6 Å². The van der Waals surface area contributed by atoms with E-state index < -0.39 is 0 Å². The van der Waals surface area contributed by atoms with Crippen molar-refractivity contribution in [2.24, 2.45) is 0 Å². The Labute approximate surface area is 182 Å². The van der Waals surface area contributed by atoms with E-state index in [1.165, 1.54) is 4.68 Å². The summed E-state index contributed by atoms with van der Waals surface area (Å²) in [6.07, 6.45) is 0. The molecule has 30 heavy (non-hydrogen) atoms. The van der Waals surface area contributed by atoms with Gasteiger partial charge < -0.3 is 14.9 Å². The van der Waals surface area contributed by atoms with Crippen molar-refractivity contribution >= 4 is 26.8 Å². The van der Waals surface area contributed by atoms with Crippen LogP contribution in [0, 0.1) is 0 Å². The maximum absolute atomic E-state index is 13.3. The molecule has 0 spiro atoms. The van der Waals surface area contributed by atoms with Crippen LogP contribution in [0.15, 0.2) is 76.0 Å². The summed E-state index contributed by atoms with van der Waals surface area (Å²) in [5.74, 6) is 1.67. The minimum absolute atomic E-state index is 0.166. The monoisotopic (exact) mass is 465 g/mol. The van der Waals surface area contributed by atoms with Crippen LogP contribution in [0.1, 0.15) is 5.56 Å². The van der Waals surface area contributed by atoms with Crippen LogP contribution in [0.3, 0.4) is 0 Å². The van der Waals surface area contributed by atoms with Crippen molar-refractivity contribution in [1.29, 1.82) is 0 Å². The molecule has 152 valence electrons. The molecule has 0 aliphatic rings. The number of benzene rings is 3. The van der Waals surface area contributed by atoms with Gasteiger partial charge in [0.15, 0.2) is 17.3 Å². The predicted molar refractivity (Wildman–Crippen MR) is 122 cm³/mol. The molecule has 1 heterocycles. The van der Waals surface area contributed by atoms with E-state index in [0.29, 0.717) is 34.8 Å². The van der Waals surface area contributed by atoms with Gasteiger partial charge >= 0.3 is 0 Å². The average Bonchev–Trinajstić information content (AvgIpc) is 2.78. The summed E-state index contributed by atoms with van der Waals surface area (Å²) in [7, 11) is 3.16. The molecule has 0 atom stereocenters. The Hall–Kier alpha value is -3.32. The molecule has 4 rings (SSSR count). The third-order valence-corrected chi connectivity index (χ3v) is 5.24. The molecule has 0 fully saturated rings. The Morgan fingerprint density at radius 1 is 0.967 bits per heavy atom. The lowest BCUT2D eigenvalue weighted by molar-refractivity contribution is 0.355. The molecule has 6 nitrogen and oxygen atoms in total. The number of nitrogens with zero attached hydrogens (tertiary/aromatic N) is 2. The molecular weight excluding hydrogens is 446 g/mol. The van der Waals surface area contributed by atoms with Gasteiger partial charge in [0.2, 0.25) is 0 Å². The first-order valence-corrected chi connectivity index (χ1v) is 10.1. The molecule has 1 N–H and O–H groups in total. The number of para-hydroxylation sites is 1. The van der Waals surface area contributed by atoms with Gasteiger partial charge in [-0.05, 0) is 48.0 Å². The summed E-state index contributed by atoms with van der Waals surface area (Å²) in [6, 6.07) is 20.7. The molecule has 0 aliphatic carbocycles. The van der Waals surface area contributed by atoms with Gasteiger partial charge in [0.05, 0.1) is 31.7 Å². The number of rotatable bonds is 6. The van der Waals surface area contributed by atoms with Crippen molar-refractivity contribution in [3.8, 4) is 22.9 Å². The van der Waals surface area contributed by atoms with Crippen LogP contribution in [0.4, 0.5) is 0 Å². The van der Waals surface area contributed by atoms with E-state index in [4.69, 9.17) is 14.5 Å². The zero-order valence-corrected chi connectivity index (χ0v) is 18.1. The van der Waals surface area contributed by atoms with Crippen molar-refractivity contribution in [2.75, 3.05) is 19.6 Å². The number of hydrogen-bond acceptors (Lipinski definition) is 5. The molecule has 0 amide bonds. The van der Waals surface area contributed by atoms with Gasteiger partial charge in [0.1, 0.15) is 0 Å². The molecule has 0 bridgehead atoms. The summed E-state index contributed by atoms with van der Waals surface area (Å²) in [6.45, 7) is 0.458. The Balaban J connectivity index is 1.85. The predicted octanol–water partition coefficient (Wildman–Crippen LogP) is 4.59. The van der Waals surface area contributed by atoms with Crippen LogP contribution in [0.25, 0.3) is 22.3 Å². The lowest BCUT2D eigenvalue weighted by Gasteiger charge is -2.17. The zero-order valence-electron chi connectivity index (χ0n) is 16.6. The normalized spacial score (nSPS) is 10.8. The molecule has 1 aromatic heterocycles. The van der Waals surface area contributed by atoms with E-state index in [2.05, 4.69) is 21.4 Å². The van der Waals surface area contributed by atoms with Gasteiger partial charge in [-0.3, -0.25) is 4.79 Å². The van der Waals surface area contributed by atoms with Crippen LogP contribution >= 0.6 is 15.9 Å². The minimum atomic E-state index is -0.166. The second-order valence-electron chi connectivity index (χ2n) is 6.63.